The number of nitrogens with zero attached hydrogens (tertiary/aromatic N) is 2. The molecule has 1 atom stereocenters. The van der Waals surface area contributed by atoms with Gasteiger partial charge in [0.25, 0.3) is 0 Å². The molecule has 2 aromatic heterocycles. The highest BCUT2D eigenvalue weighted by atomic mass is 32.1. The van der Waals surface area contributed by atoms with Gasteiger partial charge in [-0.2, -0.15) is 0 Å². The quantitative estimate of drug-likeness (QED) is 0.906. The number of aryl methyl sites for hydroxylation is 1. The lowest BCUT2D eigenvalue weighted by molar-refractivity contribution is -0.120. The van der Waals surface area contributed by atoms with Crippen LogP contribution >= 0.6 is 11.3 Å². The summed E-state index contributed by atoms with van der Waals surface area (Å²) in [4.78, 5) is 23.3. The van der Waals surface area contributed by atoms with E-state index in [1.165, 1.54) is 16.9 Å². The van der Waals surface area contributed by atoms with E-state index in [2.05, 4.69) is 27.5 Å². The second-order valence-corrected chi connectivity index (χ2v) is 8.49. The van der Waals surface area contributed by atoms with Crippen molar-refractivity contribution >= 4 is 33.3 Å². The number of carbonyl (C=O) groups is 1. The molecule has 0 saturated carbocycles. The minimum absolute atomic E-state index is 0.0259. The van der Waals surface area contributed by atoms with Crippen LogP contribution in [0, 0.1) is 5.92 Å². The monoisotopic (exact) mass is 332 g/mol. The van der Waals surface area contributed by atoms with Crippen molar-refractivity contribution < 1.29 is 4.79 Å². The third kappa shape index (κ3) is 3.63. The highest BCUT2D eigenvalue weighted by Crippen LogP contribution is 2.39. The van der Waals surface area contributed by atoms with Gasteiger partial charge in [0.15, 0.2) is 0 Å². The lowest BCUT2D eigenvalue weighted by atomic mass is 9.89. The second-order valence-electron chi connectivity index (χ2n) is 7.41. The number of hydrogen-bond donors (Lipinski definition) is 2. The molecule has 0 aromatic carbocycles. The Morgan fingerprint density at radius 2 is 2.17 bits per heavy atom. The van der Waals surface area contributed by atoms with Crippen LogP contribution < -0.4 is 10.6 Å². The third-order valence-corrected chi connectivity index (χ3v) is 5.18. The minimum Gasteiger partial charge on any atom is -0.360 e. The highest BCUT2D eigenvalue weighted by molar-refractivity contribution is 7.19. The van der Waals surface area contributed by atoms with E-state index in [-0.39, 0.29) is 18.0 Å². The van der Waals surface area contributed by atoms with Gasteiger partial charge < -0.3 is 10.6 Å². The van der Waals surface area contributed by atoms with Crippen molar-refractivity contribution in [3.63, 3.8) is 0 Å². The first-order valence-electron chi connectivity index (χ1n) is 8.13. The molecule has 0 radical (unpaired) electrons. The summed E-state index contributed by atoms with van der Waals surface area (Å²) in [6.07, 6.45) is 4.99. The van der Waals surface area contributed by atoms with E-state index in [9.17, 15) is 4.79 Å². The Hall–Kier alpha value is -1.69. The maximum Gasteiger partial charge on any atom is 0.239 e. The molecule has 23 heavy (non-hydrogen) atoms. The molecule has 0 aliphatic heterocycles. The Balaban J connectivity index is 1.83. The van der Waals surface area contributed by atoms with Crippen LogP contribution in [0.5, 0.6) is 0 Å². The zero-order valence-electron chi connectivity index (χ0n) is 14.2. The topological polar surface area (TPSA) is 66.9 Å². The van der Waals surface area contributed by atoms with E-state index in [4.69, 9.17) is 0 Å². The van der Waals surface area contributed by atoms with E-state index in [1.807, 2.05) is 20.8 Å². The first-order chi connectivity index (χ1) is 10.8. The molecule has 0 bridgehead atoms. The lowest BCUT2D eigenvalue weighted by Crippen LogP contribution is -2.43. The van der Waals surface area contributed by atoms with Gasteiger partial charge in [-0.1, -0.05) is 6.92 Å². The summed E-state index contributed by atoms with van der Waals surface area (Å²) in [5, 5.41) is 7.27. The smallest absolute Gasteiger partial charge is 0.239 e. The molecule has 2 aromatic rings. The van der Waals surface area contributed by atoms with E-state index in [1.54, 1.807) is 17.7 Å². The van der Waals surface area contributed by atoms with Gasteiger partial charge in [-0.15, -0.1) is 11.3 Å². The Bertz CT molecular complexity index is 732. The summed E-state index contributed by atoms with van der Waals surface area (Å²) in [5.41, 5.74) is 1.15. The molecule has 6 heteroatoms. The summed E-state index contributed by atoms with van der Waals surface area (Å²) >= 11 is 1.77. The van der Waals surface area contributed by atoms with Crippen LogP contribution in [0.2, 0.25) is 0 Å². The van der Waals surface area contributed by atoms with Crippen molar-refractivity contribution in [2.75, 3.05) is 11.9 Å². The molecule has 0 fully saturated rings. The van der Waals surface area contributed by atoms with Gasteiger partial charge in [0.05, 0.1) is 11.9 Å². The Labute approximate surface area is 140 Å². The van der Waals surface area contributed by atoms with Crippen molar-refractivity contribution in [3.8, 4) is 0 Å². The number of thiophene rings is 1. The normalized spacial score (nSPS) is 17.8. The number of nitrogens with one attached hydrogen (secondary N) is 2. The fourth-order valence-electron chi connectivity index (χ4n) is 3.04. The molecule has 1 aliphatic rings. The van der Waals surface area contributed by atoms with Crippen LogP contribution in [0.4, 0.5) is 5.82 Å². The molecule has 1 amide bonds. The van der Waals surface area contributed by atoms with E-state index < -0.39 is 0 Å². The summed E-state index contributed by atoms with van der Waals surface area (Å²) in [7, 11) is 0. The van der Waals surface area contributed by atoms with Gasteiger partial charge in [-0.25, -0.2) is 9.97 Å². The number of rotatable bonds is 3. The number of fused-ring (bicyclic) bond motifs is 3. The summed E-state index contributed by atoms with van der Waals surface area (Å²) in [6.45, 7) is 8.46. The van der Waals surface area contributed by atoms with Gasteiger partial charge in [0.1, 0.15) is 17.0 Å². The maximum absolute atomic E-state index is 12.0. The average molecular weight is 332 g/mol. The van der Waals surface area contributed by atoms with E-state index in [0.717, 1.165) is 34.8 Å². The molecule has 0 unspecified atom stereocenters. The van der Waals surface area contributed by atoms with Gasteiger partial charge >= 0.3 is 0 Å². The molecule has 1 aliphatic carbocycles. The van der Waals surface area contributed by atoms with Crippen molar-refractivity contribution in [2.45, 2.75) is 52.5 Å². The number of hydrogen-bond acceptors (Lipinski definition) is 5. The average Bonchev–Trinajstić information content (AvgIpc) is 2.81. The zero-order chi connectivity index (χ0) is 16.6. The Morgan fingerprint density at radius 3 is 2.91 bits per heavy atom. The first-order valence-corrected chi connectivity index (χ1v) is 8.95. The van der Waals surface area contributed by atoms with Crippen molar-refractivity contribution in [1.29, 1.82) is 0 Å². The molecular weight excluding hydrogens is 308 g/mol. The maximum atomic E-state index is 12.0. The lowest BCUT2D eigenvalue weighted by Gasteiger charge is -2.21. The van der Waals surface area contributed by atoms with Gasteiger partial charge in [-0.3, -0.25) is 4.79 Å². The largest absolute Gasteiger partial charge is 0.360 e. The van der Waals surface area contributed by atoms with Crippen LogP contribution in [0.1, 0.15) is 44.6 Å². The predicted octanol–water partition coefficient (Wildman–Crippen LogP) is 3.14. The fraction of sp³-hybridized carbons (Fsp3) is 0.588. The summed E-state index contributed by atoms with van der Waals surface area (Å²) < 4.78 is 0. The Kier molecular flexibility index (Phi) is 4.27. The van der Waals surface area contributed by atoms with Crippen molar-refractivity contribution in [2.24, 2.45) is 5.92 Å². The molecule has 2 heterocycles. The third-order valence-electron chi connectivity index (χ3n) is 4.02. The molecular formula is C17H24N4OS. The number of carbonyl (C=O) groups excluding carboxylic acids is 1. The second kappa shape index (κ2) is 6.07. The SMILES string of the molecule is C[C@@H]1CCc2c(sc3ncnc(NCC(=O)NC(C)(C)C)c23)C1. The van der Waals surface area contributed by atoms with Crippen LogP contribution in [-0.2, 0) is 17.6 Å². The molecule has 0 spiro atoms. The summed E-state index contributed by atoms with van der Waals surface area (Å²) in [6, 6.07) is 0. The number of amides is 1. The van der Waals surface area contributed by atoms with Crippen LogP contribution in [0.3, 0.4) is 0 Å². The molecule has 124 valence electrons. The van der Waals surface area contributed by atoms with Crippen LogP contribution in [0.15, 0.2) is 6.33 Å². The van der Waals surface area contributed by atoms with E-state index in [0.29, 0.717) is 0 Å². The predicted molar refractivity (Wildman–Crippen MR) is 95.0 cm³/mol. The Morgan fingerprint density at radius 1 is 1.39 bits per heavy atom. The molecule has 0 saturated heterocycles. The standard InChI is InChI=1S/C17H24N4OS/c1-10-5-6-11-12(7-10)23-16-14(11)15(19-9-20-16)18-8-13(22)21-17(2,3)4/h9-10H,5-8H2,1-4H3,(H,21,22)(H,18,19,20)/t10-/m1/s1. The van der Waals surface area contributed by atoms with Crippen molar-refractivity contribution in [1.82, 2.24) is 15.3 Å². The molecule has 2 N–H and O–H groups in total. The van der Waals surface area contributed by atoms with Gasteiger partial charge in [0, 0.05) is 10.4 Å². The summed E-state index contributed by atoms with van der Waals surface area (Å²) in [5.74, 6) is 1.49. The minimum atomic E-state index is -0.225. The van der Waals surface area contributed by atoms with Crippen molar-refractivity contribution in [3.05, 3.63) is 16.8 Å². The molecule has 5 nitrogen and oxygen atoms in total. The van der Waals surface area contributed by atoms with Crippen LogP contribution in [0.25, 0.3) is 10.2 Å². The van der Waals surface area contributed by atoms with Gasteiger partial charge in [-0.05, 0) is 51.5 Å². The zero-order valence-corrected chi connectivity index (χ0v) is 15.0. The number of aromatic nitrogens is 2. The number of anilines is 1. The van der Waals surface area contributed by atoms with Crippen LogP contribution in [-0.4, -0.2) is 28.0 Å². The molecule has 3 rings (SSSR count). The van der Waals surface area contributed by atoms with E-state index >= 15 is 0 Å². The van der Waals surface area contributed by atoms with Gasteiger partial charge in [0.2, 0.25) is 5.91 Å². The fourth-order valence-corrected chi connectivity index (χ4v) is 4.39. The highest BCUT2D eigenvalue weighted by Gasteiger charge is 2.23. The first kappa shape index (κ1) is 16.2.